The minimum Gasteiger partial charge on any atom is -0.432 e. The maximum Gasteiger partial charge on any atom is 0.513 e. The molecule has 1 aromatic carbocycles. The normalized spacial score (nSPS) is 10.5. The number of rotatable bonds is 13. The van der Waals surface area contributed by atoms with E-state index in [0.717, 1.165) is 0 Å². The summed E-state index contributed by atoms with van der Waals surface area (Å²) in [5.74, 6) is 0.372. The molecule has 0 aliphatic heterocycles. The predicted octanol–water partition coefficient (Wildman–Crippen LogP) is 1.48. The van der Waals surface area contributed by atoms with Gasteiger partial charge in [-0.3, -0.25) is 0 Å². The summed E-state index contributed by atoms with van der Waals surface area (Å²) in [6.45, 7) is 3.38. The highest BCUT2D eigenvalue weighted by Crippen LogP contribution is 2.13. The van der Waals surface area contributed by atoms with Crippen LogP contribution in [0.4, 0.5) is 10.5 Å². The Kier molecular flexibility index (Phi) is 11.4. The molecule has 24 heavy (non-hydrogen) atoms. The molecule has 0 atom stereocenters. The lowest BCUT2D eigenvalue weighted by atomic mass is 10.3. The second-order valence-electron chi connectivity index (χ2n) is 4.60. The smallest absolute Gasteiger partial charge is 0.432 e. The Labute approximate surface area is 141 Å². The predicted molar refractivity (Wildman–Crippen MR) is 87.2 cm³/mol. The van der Waals surface area contributed by atoms with Crippen molar-refractivity contribution in [2.45, 2.75) is 0 Å². The van der Waals surface area contributed by atoms with Crippen LogP contribution >= 0.6 is 0 Å². The van der Waals surface area contributed by atoms with Crippen LogP contribution in [0, 0.1) is 0 Å². The maximum atomic E-state index is 11.4. The molecule has 2 N–H and O–H groups in total. The lowest BCUT2D eigenvalue weighted by Crippen LogP contribution is -2.16. The molecule has 8 nitrogen and oxygen atoms in total. The molecule has 136 valence electrons. The van der Waals surface area contributed by atoms with Gasteiger partial charge in [-0.25, -0.2) is 4.79 Å². The van der Waals surface area contributed by atoms with E-state index in [1.807, 2.05) is 0 Å². The lowest BCUT2D eigenvalue weighted by Gasteiger charge is -2.08. The summed E-state index contributed by atoms with van der Waals surface area (Å²) in [5, 5.41) is 0. The van der Waals surface area contributed by atoms with Crippen LogP contribution in [0.15, 0.2) is 24.3 Å². The number of methoxy groups -OCH3 is 1. The van der Waals surface area contributed by atoms with E-state index in [2.05, 4.69) is 0 Å². The van der Waals surface area contributed by atoms with Gasteiger partial charge in [-0.05, 0) is 24.3 Å². The first-order valence-electron chi connectivity index (χ1n) is 7.64. The Bertz CT molecular complexity index is 439. The van der Waals surface area contributed by atoms with Crippen molar-refractivity contribution in [3.05, 3.63) is 24.3 Å². The molecule has 1 aromatic rings. The summed E-state index contributed by atoms with van der Waals surface area (Å²) in [6.07, 6.45) is -0.784. The van der Waals surface area contributed by atoms with Crippen LogP contribution in [0.5, 0.6) is 5.75 Å². The fraction of sp³-hybridized carbons (Fsp3) is 0.562. The van der Waals surface area contributed by atoms with E-state index < -0.39 is 6.16 Å². The standard InChI is InChI=1S/C16H25NO7/c1-19-6-7-20-8-9-21-10-11-22-12-13-23-16(18)24-15-4-2-14(17)3-5-15/h2-5H,6-13,17H2,1H3. The van der Waals surface area contributed by atoms with Gasteiger partial charge in [-0.2, -0.15) is 0 Å². The summed E-state index contributed by atoms with van der Waals surface area (Å²) in [6, 6.07) is 6.44. The van der Waals surface area contributed by atoms with Gasteiger partial charge in [0.1, 0.15) is 12.4 Å². The molecular weight excluding hydrogens is 318 g/mol. The molecule has 0 heterocycles. The van der Waals surface area contributed by atoms with Gasteiger partial charge in [-0.15, -0.1) is 0 Å². The van der Waals surface area contributed by atoms with Crippen molar-refractivity contribution < 1.29 is 33.2 Å². The molecule has 0 saturated carbocycles. The Morgan fingerprint density at radius 1 is 0.833 bits per heavy atom. The highest BCUT2D eigenvalue weighted by atomic mass is 16.7. The minimum absolute atomic E-state index is 0.105. The SMILES string of the molecule is COCCOCCOCCOCCOC(=O)Oc1ccc(N)cc1. The fourth-order valence-corrected chi connectivity index (χ4v) is 1.53. The lowest BCUT2D eigenvalue weighted by molar-refractivity contribution is -0.00450. The summed E-state index contributed by atoms with van der Waals surface area (Å²) < 4.78 is 30.5. The third kappa shape index (κ3) is 10.8. The van der Waals surface area contributed by atoms with Crippen molar-refractivity contribution in [2.24, 2.45) is 0 Å². The van der Waals surface area contributed by atoms with Gasteiger partial charge in [0.15, 0.2) is 0 Å². The summed E-state index contributed by atoms with van der Waals surface area (Å²) in [5.41, 5.74) is 6.12. The number of nitrogens with two attached hydrogens (primary N) is 1. The molecule has 8 heteroatoms. The zero-order valence-electron chi connectivity index (χ0n) is 13.9. The zero-order valence-corrected chi connectivity index (χ0v) is 13.9. The van der Waals surface area contributed by atoms with Crippen molar-refractivity contribution in [3.8, 4) is 5.75 Å². The number of carbonyl (C=O) groups excluding carboxylic acids is 1. The van der Waals surface area contributed by atoms with Crippen molar-refractivity contribution in [3.63, 3.8) is 0 Å². The van der Waals surface area contributed by atoms with Crippen LogP contribution in [-0.4, -0.2) is 66.1 Å². The Balaban J connectivity index is 1.87. The van der Waals surface area contributed by atoms with Crippen molar-refractivity contribution in [1.82, 2.24) is 0 Å². The third-order valence-electron chi connectivity index (χ3n) is 2.70. The van der Waals surface area contributed by atoms with E-state index in [9.17, 15) is 4.79 Å². The van der Waals surface area contributed by atoms with E-state index in [4.69, 9.17) is 34.2 Å². The van der Waals surface area contributed by atoms with Crippen molar-refractivity contribution >= 4 is 11.8 Å². The highest BCUT2D eigenvalue weighted by molar-refractivity contribution is 5.64. The number of nitrogen functional groups attached to an aromatic ring is 1. The van der Waals surface area contributed by atoms with Gasteiger partial charge in [0.2, 0.25) is 0 Å². The Morgan fingerprint density at radius 3 is 1.88 bits per heavy atom. The van der Waals surface area contributed by atoms with Gasteiger partial charge in [0, 0.05) is 12.8 Å². The van der Waals surface area contributed by atoms with Crippen molar-refractivity contribution in [1.29, 1.82) is 0 Å². The third-order valence-corrected chi connectivity index (χ3v) is 2.70. The molecule has 0 amide bonds. The first-order chi connectivity index (χ1) is 11.7. The Hall–Kier alpha value is -1.87. The zero-order chi connectivity index (χ0) is 17.5. The van der Waals surface area contributed by atoms with Gasteiger partial charge < -0.3 is 34.2 Å². The summed E-state index contributed by atoms with van der Waals surface area (Å²) >= 11 is 0. The molecule has 0 aromatic heterocycles. The molecule has 0 fully saturated rings. The molecule has 0 saturated heterocycles. The molecule has 0 spiro atoms. The second kappa shape index (κ2) is 13.6. The molecule has 0 aliphatic carbocycles. The molecule has 1 rings (SSSR count). The minimum atomic E-state index is -0.784. The van der Waals surface area contributed by atoms with E-state index in [-0.39, 0.29) is 13.2 Å². The van der Waals surface area contributed by atoms with Gasteiger partial charge in [0.25, 0.3) is 0 Å². The molecule has 0 radical (unpaired) electrons. The number of hydrogen-bond donors (Lipinski definition) is 1. The topological polar surface area (TPSA) is 98.5 Å². The number of carbonyl (C=O) groups is 1. The largest absolute Gasteiger partial charge is 0.513 e. The second-order valence-corrected chi connectivity index (χ2v) is 4.60. The van der Waals surface area contributed by atoms with Crippen LogP contribution in [-0.2, 0) is 23.7 Å². The summed E-state index contributed by atoms with van der Waals surface area (Å²) in [7, 11) is 1.62. The molecule has 0 bridgehead atoms. The number of anilines is 1. The number of benzene rings is 1. The van der Waals surface area contributed by atoms with Crippen LogP contribution in [0.1, 0.15) is 0 Å². The van der Waals surface area contributed by atoms with Gasteiger partial charge >= 0.3 is 6.16 Å². The van der Waals surface area contributed by atoms with E-state index >= 15 is 0 Å². The van der Waals surface area contributed by atoms with Gasteiger partial charge in [-0.1, -0.05) is 0 Å². The van der Waals surface area contributed by atoms with Crippen LogP contribution < -0.4 is 10.5 Å². The van der Waals surface area contributed by atoms with Crippen LogP contribution in [0.3, 0.4) is 0 Å². The van der Waals surface area contributed by atoms with Crippen molar-refractivity contribution in [2.75, 3.05) is 65.7 Å². The number of ether oxygens (including phenoxy) is 6. The Morgan fingerprint density at radius 2 is 1.33 bits per heavy atom. The fourth-order valence-electron chi connectivity index (χ4n) is 1.53. The first-order valence-corrected chi connectivity index (χ1v) is 7.64. The molecule has 0 unspecified atom stereocenters. The highest BCUT2D eigenvalue weighted by Gasteiger charge is 2.05. The van der Waals surface area contributed by atoms with E-state index in [1.54, 1.807) is 31.4 Å². The summed E-state index contributed by atoms with van der Waals surface area (Å²) in [4.78, 5) is 11.4. The molecular formula is C16H25NO7. The van der Waals surface area contributed by atoms with Crippen LogP contribution in [0.25, 0.3) is 0 Å². The number of hydrogen-bond acceptors (Lipinski definition) is 8. The van der Waals surface area contributed by atoms with E-state index in [0.29, 0.717) is 51.1 Å². The average Bonchev–Trinajstić information content (AvgIpc) is 2.58. The quantitative estimate of drug-likeness (QED) is 0.249. The maximum absolute atomic E-state index is 11.4. The van der Waals surface area contributed by atoms with E-state index in [1.165, 1.54) is 0 Å². The monoisotopic (exact) mass is 343 g/mol. The van der Waals surface area contributed by atoms with Crippen LogP contribution in [0.2, 0.25) is 0 Å². The van der Waals surface area contributed by atoms with Gasteiger partial charge in [0.05, 0.1) is 46.2 Å². The molecule has 0 aliphatic rings. The average molecular weight is 343 g/mol. The first kappa shape index (κ1) is 20.2.